The normalized spacial score (nSPS) is 17.4. The molecule has 164 valence electrons. The second-order valence-electron chi connectivity index (χ2n) is 8.04. The van der Waals surface area contributed by atoms with Crippen LogP contribution in [0, 0.1) is 6.92 Å². The van der Waals surface area contributed by atoms with Crippen LogP contribution in [0.3, 0.4) is 0 Å². The Balaban J connectivity index is 1.74. The van der Waals surface area contributed by atoms with E-state index in [4.69, 9.17) is 4.74 Å². The highest BCUT2D eigenvalue weighted by molar-refractivity contribution is 7.99. The van der Waals surface area contributed by atoms with Crippen molar-refractivity contribution < 1.29 is 9.53 Å². The molecule has 0 spiro atoms. The number of fused-ring (bicyclic) bond motifs is 1. The zero-order valence-electron chi connectivity index (χ0n) is 18.7. The summed E-state index contributed by atoms with van der Waals surface area (Å²) < 4.78 is 6.77. The van der Waals surface area contributed by atoms with Crippen LogP contribution in [0.25, 0.3) is 0 Å². The van der Waals surface area contributed by atoms with E-state index in [1.54, 1.807) is 11.8 Å². The first-order chi connectivity index (χ1) is 15.6. The number of thioether (sulfide) groups is 1. The summed E-state index contributed by atoms with van der Waals surface area (Å²) in [6.45, 7) is 8.97. The van der Waals surface area contributed by atoms with Gasteiger partial charge in [0.2, 0.25) is 0 Å². The molecule has 4 heteroatoms. The molecule has 0 N–H and O–H groups in total. The Hall–Kier alpha value is -2.82. The van der Waals surface area contributed by atoms with Gasteiger partial charge in [0.05, 0.1) is 6.61 Å². The molecule has 32 heavy (non-hydrogen) atoms. The molecule has 0 aliphatic carbocycles. The molecule has 0 bridgehead atoms. The van der Waals surface area contributed by atoms with Gasteiger partial charge in [-0.15, -0.1) is 18.3 Å². The van der Waals surface area contributed by atoms with Crippen LogP contribution in [0.5, 0.6) is 0 Å². The minimum Gasteiger partial charge on any atom is -0.342 e. The van der Waals surface area contributed by atoms with Gasteiger partial charge in [-0.05, 0) is 37.1 Å². The molecule has 0 saturated heterocycles. The van der Waals surface area contributed by atoms with Gasteiger partial charge >= 0.3 is 0 Å². The van der Waals surface area contributed by atoms with Gasteiger partial charge in [-0.3, -0.25) is 4.79 Å². The van der Waals surface area contributed by atoms with Crippen molar-refractivity contribution in [2.45, 2.75) is 37.5 Å². The molecule has 1 amide bonds. The summed E-state index contributed by atoms with van der Waals surface area (Å²) in [6, 6.07) is 24.6. The molecule has 0 aromatic heterocycles. The Bertz CT molecular complexity index is 1090. The largest absolute Gasteiger partial charge is 0.342 e. The molecule has 1 heterocycles. The predicted octanol–water partition coefficient (Wildman–Crippen LogP) is 6.56. The molecule has 3 aromatic carbocycles. The third-order valence-electron chi connectivity index (χ3n) is 5.78. The monoisotopic (exact) mass is 443 g/mol. The Morgan fingerprint density at radius 3 is 2.44 bits per heavy atom. The van der Waals surface area contributed by atoms with Gasteiger partial charge in [0.25, 0.3) is 5.91 Å². The third kappa shape index (κ3) is 4.13. The quantitative estimate of drug-likeness (QED) is 0.277. The van der Waals surface area contributed by atoms with E-state index in [0.29, 0.717) is 13.2 Å². The molecule has 1 atom stereocenters. The number of benzene rings is 3. The first-order valence-electron chi connectivity index (χ1n) is 11.1. The zero-order valence-corrected chi connectivity index (χ0v) is 19.5. The van der Waals surface area contributed by atoms with Gasteiger partial charge in [-0.1, -0.05) is 73.2 Å². The van der Waals surface area contributed by atoms with Crippen LogP contribution >= 0.6 is 11.8 Å². The fourth-order valence-electron chi connectivity index (χ4n) is 4.24. The lowest BCUT2D eigenvalue weighted by atomic mass is 9.92. The first-order valence-corrected chi connectivity index (χ1v) is 12.0. The number of aryl methyl sites for hydroxylation is 1. The number of amides is 1. The highest BCUT2D eigenvalue weighted by atomic mass is 32.2. The molecule has 3 aromatic rings. The third-order valence-corrected chi connectivity index (χ3v) is 6.78. The van der Waals surface area contributed by atoms with Crippen LogP contribution in [0.15, 0.2) is 90.3 Å². The number of carbonyl (C=O) groups is 1. The summed E-state index contributed by atoms with van der Waals surface area (Å²) in [5.41, 5.74) is 3.93. The Morgan fingerprint density at radius 2 is 1.75 bits per heavy atom. The van der Waals surface area contributed by atoms with E-state index >= 15 is 0 Å². The van der Waals surface area contributed by atoms with Gasteiger partial charge in [0.15, 0.2) is 5.72 Å². The van der Waals surface area contributed by atoms with E-state index in [1.807, 2.05) is 35.2 Å². The average molecular weight is 444 g/mol. The highest BCUT2D eigenvalue weighted by Gasteiger charge is 2.51. The smallest absolute Gasteiger partial charge is 0.257 e. The summed E-state index contributed by atoms with van der Waals surface area (Å²) in [5.74, 6) is 0.913. The second kappa shape index (κ2) is 9.76. The summed E-state index contributed by atoms with van der Waals surface area (Å²) in [7, 11) is 0. The van der Waals surface area contributed by atoms with Crippen molar-refractivity contribution in [3.8, 4) is 0 Å². The maximum Gasteiger partial charge on any atom is 0.257 e. The van der Waals surface area contributed by atoms with Crippen LogP contribution < -0.4 is 0 Å². The van der Waals surface area contributed by atoms with E-state index in [1.165, 1.54) is 10.5 Å². The lowest BCUT2D eigenvalue weighted by Gasteiger charge is -2.39. The van der Waals surface area contributed by atoms with Gasteiger partial charge in [0, 0.05) is 33.9 Å². The van der Waals surface area contributed by atoms with Gasteiger partial charge in [-0.25, -0.2) is 0 Å². The van der Waals surface area contributed by atoms with E-state index < -0.39 is 5.72 Å². The van der Waals surface area contributed by atoms with E-state index in [0.717, 1.165) is 34.4 Å². The summed E-state index contributed by atoms with van der Waals surface area (Å²) in [4.78, 5) is 16.5. The predicted molar refractivity (Wildman–Crippen MR) is 132 cm³/mol. The van der Waals surface area contributed by atoms with E-state index in [9.17, 15) is 4.79 Å². The maximum absolute atomic E-state index is 13.4. The molecule has 1 aliphatic heterocycles. The van der Waals surface area contributed by atoms with Gasteiger partial charge < -0.3 is 9.64 Å². The van der Waals surface area contributed by atoms with Crippen molar-refractivity contribution in [2.75, 3.05) is 12.3 Å². The van der Waals surface area contributed by atoms with Crippen LogP contribution in [-0.2, 0) is 17.1 Å². The number of ether oxygens (including phenoxy) is 1. The molecule has 0 fully saturated rings. The Morgan fingerprint density at radius 1 is 1.03 bits per heavy atom. The maximum atomic E-state index is 13.4. The van der Waals surface area contributed by atoms with Gasteiger partial charge in [-0.2, -0.15) is 0 Å². The molecule has 0 saturated carbocycles. The van der Waals surface area contributed by atoms with Gasteiger partial charge in [0.1, 0.15) is 0 Å². The van der Waals surface area contributed by atoms with Crippen LogP contribution in [0.1, 0.15) is 46.0 Å². The molecule has 4 rings (SSSR count). The molecule has 0 radical (unpaired) electrons. The van der Waals surface area contributed by atoms with Crippen LogP contribution in [0.2, 0.25) is 0 Å². The van der Waals surface area contributed by atoms with E-state index in [-0.39, 0.29) is 5.91 Å². The Kier molecular flexibility index (Phi) is 6.83. The van der Waals surface area contributed by atoms with Crippen molar-refractivity contribution in [2.24, 2.45) is 0 Å². The number of hydrogen-bond acceptors (Lipinski definition) is 3. The summed E-state index contributed by atoms with van der Waals surface area (Å²) in [5, 5.41) is 0. The van der Waals surface area contributed by atoms with Crippen LogP contribution in [0.4, 0.5) is 0 Å². The van der Waals surface area contributed by atoms with Crippen molar-refractivity contribution in [1.82, 2.24) is 4.90 Å². The lowest BCUT2D eigenvalue weighted by Crippen LogP contribution is -2.47. The fourth-order valence-corrected chi connectivity index (χ4v) is 4.87. The fraction of sp³-hybridized carbons (Fsp3) is 0.250. The molecular weight excluding hydrogens is 414 g/mol. The molecule has 3 nitrogen and oxygen atoms in total. The van der Waals surface area contributed by atoms with Crippen LogP contribution in [-0.4, -0.2) is 23.1 Å². The van der Waals surface area contributed by atoms with E-state index in [2.05, 4.69) is 69.0 Å². The standard InChI is InChI=1S/C28H29NO2S/c1-4-18-29-27(30)25-8-6-7-9-26(25)28(29,23-14-10-21(3)11-15-23)31-20-22-12-16-24(17-13-22)32-19-5-2/h5-17H,2,4,18-20H2,1,3H3. The van der Waals surface area contributed by atoms with Crippen molar-refractivity contribution in [3.05, 3.63) is 113 Å². The zero-order chi connectivity index (χ0) is 22.6. The SMILES string of the molecule is C=CCSc1ccc(COC2(c3ccc(C)cc3)c3ccccc3C(=O)N2CCC)cc1. The number of rotatable bonds is 9. The van der Waals surface area contributed by atoms with Crippen molar-refractivity contribution in [1.29, 1.82) is 0 Å². The summed E-state index contributed by atoms with van der Waals surface area (Å²) in [6.07, 6.45) is 2.76. The molecule has 1 aliphatic rings. The Labute approximate surface area is 195 Å². The number of nitrogens with zero attached hydrogens (tertiary/aromatic N) is 1. The number of carbonyl (C=O) groups excluding carboxylic acids is 1. The minimum absolute atomic E-state index is 0.0270. The molecule has 1 unspecified atom stereocenters. The average Bonchev–Trinajstić information content (AvgIpc) is 3.06. The summed E-state index contributed by atoms with van der Waals surface area (Å²) >= 11 is 1.76. The topological polar surface area (TPSA) is 29.5 Å². The molecular formula is C28H29NO2S. The second-order valence-corrected chi connectivity index (χ2v) is 9.14. The highest BCUT2D eigenvalue weighted by Crippen LogP contribution is 2.46. The lowest BCUT2D eigenvalue weighted by molar-refractivity contribution is -0.117. The number of hydrogen-bond donors (Lipinski definition) is 0. The van der Waals surface area contributed by atoms with Crippen molar-refractivity contribution >= 4 is 17.7 Å². The minimum atomic E-state index is -0.937. The van der Waals surface area contributed by atoms with Crippen molar-refractivity contribution in [3.63, 3.8) is 0 Å². The first kappa shape index (κ1) is 22.4.